The van der Waals surface area contributed by atoms with Gasteiger partial charge in [0.05, 0.1) is 16.4 Å². The van der Waals surface area contributed by atoms with E-state index in [2.05, 4.69) is 18.9 Å². The van der Waals surface area contributed by atoms with Gasteiger partial charge in [0.25, 0.3) is 0 Å². The molecule has 1 aliphatic heterocycles. The molecule has 1 fully saturated rings. The van der Waals surface area contributed by atoms with E-state index in [-0.39, 0.29) is 5.41 Å². The Morgan fingerprint density at radius 1 is 1.37 bits per heavy atom. The monoisotopic (exact) mass is 285 g/mol. The highest BCUT2D eigenvalue weighted by Gasteiger charge is 2.33. The minimum absolute atomic E-state index is 0.125. The second-order valence-electron chi connectivity index (χ2n) is 5.37. The minimum Gasteiger partial charge on any atom is -0.381 e. The Morgan fingerprint density at radius 3 is 2.58 bits per heavy atom. The molecule has 0 saturated carbocycles. The highest BCUT2D eigenvalue weighted by molar-refractivity contribution is 6.31. The fourth-order valence-electron chi connectivity index (χ4n) is 2.80. The molecule has 0 radical (unpaired) electrons. The molecule has 2 heterocycles. The van der Waals surface area contributed by atoms with Crippen molar-refractivity contribution in [3.05, 3.63) is 16.4 Å². The van der Waals surface area contributed by atoms with E-state index >= 15 is 0 Å². The maximum Gasteiger partial charge on any atom is 0.0850 e. The molecule has 4 nitrogen and oxygen atoms in total. The molecule has 0 aromatic carbocycles. The molecular weight excluding hydrogens is 262 g/mol. The van der Waals surface area contributed by atoms with E-state index in [4.69, 9.17) is 22.1 Å². The van der Waals surface area contributed by atoms with Gasteiger partial charge in [0.15, 0.2) is 0 Å². The maximum absolute atomic E-state index is 6.49. The van der Waals surface area contributed by atoms with Gasteiger partial charge in [0, 0.05) is 19.8 Å². The fraction of sp³-hybridized carbons (Fsp3) is 0.786. The van der Waals surface area contributed by atoms with Crippen LogP contribution in [0.1, 0.15) is 38.1 Å². The van der Waals surface area contributed by atoms with Crippen LogP contribution < -0.4 is 5.73 Å². The average molecular weight is 286 g/mol. The number of nitrogens with two attached hydrogens (primary N) is 1. The van der Waals surface area contributed by atoms with Gasteiger partial charge in [-0.15, -0.1) is 0 Å². The molecule has 2 rings (SSSR count). The van der Waals surface area contributed by atoms with E-state index in [1.165, 1.54) is 0 Å². The van der Waals surface area contributed by atoms with Crippen LogP contribution in [0.15, 0.2) is 0 Å². The molecule has 0 bridgehead atoms. The third-order valence-electron chi connectivity index (χ3n) is 4.22. The molecule has 0 aliphatic carbocycles. The SMILES string of the molecule is CCc1nn(CC)c(CC2(CN)CCOCC2)c1Cl. The number of halogens is 1. The van der Waals surface area contributed by atoms with Crippen molar-refractivity contribution in [2.45, 2.75) is 46.1 Å². The third kappa shape index (κ3) is 2.96. The molecule has 0 spiro atoms. The van der Waals surface area contributed by atoms with Gasteiger partial charge in [-0.3, -0.25) is 4.68 Å². The number of nitrogens with zero attached hydrogens (tertiary/aromatic N) is 2. The van der Waals surface area contributed by atoms with Crippen LogP contribution in [0, 0.1) is 5.41 Å². The van der Waals surface area contributed by atoms with Crippen molar-refractivity contribution in [3.63, 3.8) is 0 Å². The Hall–Kier alpha value is -0.580. The van der Waals surface area contributed by atoms with Gasteiger partial charge >= 0.3 is 0 Å². The fourth-order valence-corrected chi connectivity index (χ4v) is 3.13. The summed E-state index contributed by atoms with van der Waals surface area (Å²) in [5.74, 6) is 0. The van der Waals surface area contributed by atoms with Gasteiger partial charge in [-0.1, -0.05) is 18.5 Å². The van der Waals surface area contributed by atoms with Gasteiger partial charge in [-0.2, -0.15) is 5.10 Å². The Bertz CT molecular complexity index is 425. The van der Waals surface area contributed by atoms with E-state index in [9.17, 15) is 0 Å². The van der Waals surface area contributed by atoms with Crippen molar-refractivity contribution < 1.29 is 4.74 Å². The van der Waals surface area contributed by atoms with Crippen molar-refractivity contribution in [2.24, 2.45) is 11.1 Å². The number of hydrogen-bond donors (Lipinski definition) is 1. The molecule has 1 aliphatic rings. The lowest BCUT2D eigenvalue weighted by Gasteiger charge is -2.36. The summed E-state index contributed by atoms with van der Waals surface area (Å²) in [5.41, 5.74) is 8.31. The second kappa shape index (κ2) is 6.25. The van der Waals surface area contributed by atoms with Gasteiger partial charge in [0.1, 0.15) is 0 Å². The van der Waals surface area contributed by atoms with Crippen molar-refractivity contribution in [3.8, 4) is 0 Å². The molecule has 1 aromatic rings. The lowest BCUT2D eigenvalue weighted by atomic mass is 9.76. The first-order chi connectivity index (χ1) is 9.15. The third-order valence-corrected chi connectivity index (χ3v) is 4.66. The molecular formula is C14H24ClN3O. The van der Waals surface area contributed by atoms with Crippen LogP contribution in [-0.2, 0) is 24.1 Å². The van der Waals surface area contributed by atoms with Gasteiger partial charge in [-0.25, -0.2) is 0 Å². The van der Waals surface area contributed by atoms with E-state index in [0.29, 0.717) is 6.54 Å². The highest BCUT2D eigenvalue weighted by atomic mass is 35.5. The Morgan fingerprint density at radius 2 is 2.05 bits per heavy atom. The summed E-state index contributed by atoms with van der Waals surface area (Å²) in [5, 5.41) is 5.43. The predicted octanol–water partition coefficient (Wildman–Crippen LogP) is 2.42. The number of rotatable bonds is 5. The van der Waals surface area contributed by atoms with E-state index < -0.39 is 0 Å². The number of aromatic nitrogens is 2. The number of aryl methyl sites for hydroxylation is 2. The average Bonchev–Trinajstić information content (AvgIpc) is 2.76. The predicted molar refractivity (Wildman–Crippen MR) is 77.5 cm³/mol. The topological polar surface area (TPSA) is 53.1 Å². The molecule has 0 amide bonds. The van der Waals surface area contributed by atoms with E-state index in [1.807, 2.05) is 4.68 Å². The molecule has 1 saturated heterocycles. The Kier molecular flexibility index (Phi) is 4.87. The zero-order chi connectivity index (χ0) is 13.9. The molecule has 1 aromatic heterocycles. The summed E-state index contributed by atoms with van der Waals surface area (Å²) in [4.78, 5) is 0. The summed E-state index contributed by atoms with van der Waals surface area (Å²) >= 11 is 6.49. The lowest BCUT2D eigenvalue weighted by Crippen LogP contribution is -2.39. The van der Waals surface area contributed by atoms with Crippen LogP contribution >= 0.6 is 11.6 Å². The van der Waals surface area contributed by atoms with Crippen LogP contribution in [0.5, 0.6) is 0 Å². The molecule has 19 heavy (non-hydrogen) atoms. The standard InChI is InChI=1S/C14H24ClN3O/c1-3-11-13(15)12(18(4-2)17-11)9-14(10-16)5-7-19-8-6-14/h3-10,16H2,1-2H3. The van der Waals surface area contributed by atoms with Crippen molar-refractivity contribution >= 4 is 11.6 Å². The van der Waals surface area contributed by atoms with Crippen LogP contribution in [0.2, 0.25) is 5.02 Å². The van der Waals surface area contributed by atoms with Gasteiger partial charge in [0.2, 0.25) is 0 Å². The van der Waals surface area contributed by atoms with Crippen molar-refractivity contribution in [1.29, 1.82) is 0 Å². The molecule has 5 heteroatoms. The summed E-state index contributed by atoms with van der Waals surface area (Å²) in [6, 6.07) is 0. The highest BCUT2D eigenvalue weighted by Crippen LogP contribution is 2.36. The van der Waals surface area contributed by atoms with E-state index in [0.717, 1.165) is 61.9 Å². The van der Waals surface area contributed by atoms with Gasteiger partial charge < -0.3 is 10.5 Å². The van der Waals surface area contributed by atoms with Crippen LogP contribution in [0.3, 0.4) is 0 Å². The zero-order valence-corrected chi connectivity index (χ0v) is 12.7. The van der Waals surface area contributed by atoms with Crippen LogP contribution in [-0.4, -0.2) is 29.5 Å². The van der Waals surface area contributed by atoms with Gasteiger partial charge in [-0.05, 0) is 44.6 Å². The molecule has 0 unspecified atom stereocenters. The largest absolute Gasteiger partial charge is 0.381 e. The minimum atomic E-state index is 0.125. The van der Waals surface area contributed by atoms with E-state index in [1.54, 1.807) is 0 Å². The Balaban J connectivity index is 2.28. The summed E-state index contributed by atoms with van der Waals surface area (Å²) in [7, 11) is 0. The first-order valence-electron chi connectivity index (χ1n) is 7.17. The summed E-state index contributed by atoms with van der Waals surface area (Å²) in [6.07, 6.45) is 3.80. The quantitative estimate of drug-likeness (QED) is 0.904. The summed E-state index contributed by atoms with van der Waals surface area (Å²) < 4.78 is 7.50. The lowest BCUT2D eigenvalue weighted by molar-refractivity contribution is 0.0182. The maximum atomic E-state index is 6.49. The van der Waals surface area contributed by atoms with Crippen molar-refractivity contribution in [1.82, 2.24) is 9.78 Å². The zero-order valence-electron chi connectivity index (χ0n) is 11.9. The first kappa shape index (κ1) is 14.8. The smallest absolute Gasteiger partial charge is 0.0850 e. The first-order valence-corrected chi connectivity index (χ1v) is 7.55. The molecule has 108 valence electrons. The van der Waals surface area contributed by atoms with Crippen LogP contribution in [0.4, 0.5) is 0 Å². The van der Waals surface area contributed by atoms with Crippen molar-refractivity contribution in [2.75, 3.05) is 19.8 Å². The Labute approximate surface area is 120 Å². The second-order valence-corrected chi connectivity index (χ2v) is 5.75. The molecule has 0 atom stereocenters. The normalized spacial score (nSPS) is 18.7. The summed E-state index contributed by atoms with van der Waals surface area (Å²) in [6.45, 7) is 7.33. The number of ether oxygens (including phenoxy) is 1. The number of hydrogen-bond acceptors (Lipinski definition) is 3. The van der Waals surface area contributed by atoms with Crippen LogP contribution in [0.25, 0.3) is 0 Å². The molecule has 2 N–H and O–H groups in total.